The Morgan fingerprint density at radius 3 is 2.70 bits per heavy atom. The van der Waals surface area contributed by atoms with Gasteiger partial charge in [-0.05, 0) is 17.7 Å². The number of ether oxygens (including phenoxy) is 2. The van der Waals surface area contributed by atoms with E-state index in [1.54, 1.807) is 0 Å². The summed E-state index contributed by atoms with van der Waals surface area (Å²) in [7, 11) is 0. The third-order valence-electron chi connectivity index (χ3n) is 3.48. The quantitative estimate of drug-likeness (QED) is 0.907. The summed E-state index contributed by atoms with van der Waals surface area (Å²) in [5, 5.41) is 4.01. The highest BCUT2D eigenvalue weighted by Crippen LogP contribution is 2.38. The molecular formula is C14H20Cl2N2O2. The highest BCUT2D eigenvalue weighted by Gasteiger charge is 2.17. The predicted molar refractivity (Wildman–Crippen MR) is 82.5 cm³/mol. The number of hydrogen-bond donors (Lipinski definition) is 1. The van der Waals surface area contributed by atoms with E-state index >= 15 is 0 Å². The second-order valence-electron chi connectivity index (χ2n) is 4.98. The largest absolute Gasteiger partial charge is 0.489 e. The van der Waals surface area contributed by atoms with Crippen molar-refractivity contribution in [2.24, 2.45) is 0 Å². The van der Waals surface area contributed by atoms with Crippen LogP contribution in [-0.4, -0.2) is 44.3 Å². The van der Waals surface area contributed by atoms with E-state index in [4.69, 9.17) is 21.1 Å². The second kappa shape index (κ2) is 7.36. The molecule has 0 aromatic heterocycles. The maximum absolute atomic E-state index is 6.30. The van der Waals surface area contributed by atoms with Crippen molar-refractivity contribution >= 4 is 24.0 Å². The minimum absolute atomic E-state index is 0. The number of benzene rings is 1. The first kappa shape index (κ1) is 15.7. The van der Waals surface area contributed by atoms with Crippen LogP contribution in [0.5, 0.6) is 11.5 Å². The molecule has 0 radical (unpaired) electrons. The van der Waals surface area contributed by atoms with E-state index < -0.39 is 0 Å². The molecule has 2 heterocycles. The van der Waals surface area contributed by atoms with Gasteiger partial charge in [-0.25, -0.2) is 0 Å². The van der Waals surface area contributed by atoms with Gasteiger partial charge in [-0.15, -0.1) is 12.4 Å². The van der Waals surface area contributed by atoms with Gasteiger partial charge in [0.15, 0.2) is 11.5 Å². The Kier molecular flexibility index (Phi) is 5.78. The smallest absolute Gasteiger partial charge is 0.179 e. The summed E-state index contributed by atoms with van der Waals surface area (Å²) < 4.78 is 11.4. The zero-order valence-electron chi connectivity index (χ0n) is 11.4. The highest BCUT2D eigenvalue weighted by molar-refractivity contribution is 6.32. The minimum Gasteiger partial charge on any atom is -0.489 e. The van der Waals surface area contributed by atoms with Crippen molar-refractivity contribution in [2.75, 3.05) is 39.4 Å². The summed E-state index contributed by atoms with van der Waals surface area (Å²) in [5.74, 6) is 1.48. The third kappa shape index (κ3) is 3.70. The summed E-state index contributed by atoms with van der Waals surface area (Å²) in [6.07, 6.45) is 0.901. The van der Waals surface area contributed by atoms with Crippen molar-refractivity contribution in [2.45, 2.75) is 13.0 Å². The highest BCUT2D eigenvalue weighted by atomic mass is 35.5. The Morgan fingerprint density at radius 1 is 1.15 bits per heavy atom. The number of rotatable bonds is 2. The lowest BCUT2D eigenvalue weighted by atomic mass is 10.1. The Morgan fingerprint density at radius 2 is 1.90 bits per heavy atom. The fourth-order valence-electron chi connectivity index (χ4n) is 2.50. The number of nitrogens with zero attached hydrogens (tertiary/aromatic N) is 1. The Balaban J connectivity index is 0.00000147. The van der Waals surface area contributed by atoms with Gasteiger partial charge in [0.2, 0.25) is 0 Å². The fourth-order valence-corrected chi connectivity index (χ4v) is 2.79. The van der Waals surface area contributed by atoms with Crippen molar-refractivity contribution < 1.29 is 9.47 Å². The molecule has 112 valence electrons. The zero-order chi connectivity index (χ0) is 13.1. The van der Waals surface area contributed by atoms with Crippen LogP contribution in [-0.2, 0) is 6.54 Å². The van der Waals surface area contributed by atoms with Gasteiger partial charge >= 0.3 is 0 Å². The van der Waals surface area contributed by atoms with Crippen LogP contribution < -0.4 is 14.8 Å². The lowest BCUT2D eigenvalue weighted by Crippen LogP contribution is -2.42. The lowest BCUT2D eigenvalue weighted by Gasteiger charge is -2.27. The lowest BCUT2D eigenvalue weighted by molar-refractivity contribution is 0.232. The SMILES string of the molecule is Cl.Clc1cc(CN2CCNCC2)cc2c1OCCCO2. The van der Waals surface area contributed by atoms with Crippen LogP contribution in [0.1, 0.15) is 12.0 Å². The van der Waals surface area contributed by atoms with E-state index in [1.807, 2.05) is 6.07 Å². The minimum atomic E-state index is 0. The molecule has 2 aliphatic rings. The normalized spacial score (nSPS) is 19.1. The molecule has 20 heavy (non-hydrogen) atoms. The van der Waals surface area contributed by atoms with Crippen LogP contribution in [0.2, 0.25) is 5.02 Å². The van der Waals surface area contributed by atoms with Crippen LogP contribution in [0.15, 0.2) is 12.1 Å². The molecule has 1 fully saturated rings. The first-order valence-corrected chi connectivity index (χ1v) is 7.22. The summed E-state index contributed by atoms with van der Waals surface area (Å²) in [5.41, 5.74) is 1.19. The van der Waals surface area contributed by atoms with Crippen molar-refractivity contribution in [1.82, 2.24) is 10.2 Å². The first-order chi connectivity index (χ1) is 9.33. The van der Waals surface area contributed by atoms with Gasteiger partial charge in [0.1, 0.15) is 0 Å². The molecular weight excluding hydrogens is 299 g/mol. The van der Waals surface area contributed by atoms with Gasteiger partial charge in [-0.3, -0.25) is 4.90 Å². The molecule has 1 aromatic rings. The number of piperazine rings is 1. The fraction of sp³-hybridized carbons (Fsp3) is 0.571. The maximum atomic E-state index is 6.30. The second-order valence-corrected chi connectivity index (χ2v) is 5.39. The Hall–Kier alpha value is -0.680. The summed E-state index contributed by atoms with van der Waals surface area (Å²) in [6, 6.07) is 4.06. The van der Waals surface area contributed by atoms with E-state index in [0.29, 0.717) is 24.0 Å². The molecule has 1 saturated heterocycles. The monoisotopic (exact) mass is 318 g/mol. The van der Waals surface area contributed by atoms with Crippen molar-refractivity contribution in [3.63, 3.8) is 0 Å². The number of fused-ring (bicyclic) bond motifs is 1. The summed E-state index contributed by atoms with van der Waals surface area (Å²) >= 11 is 6.30. The van der Waals surface area contributed by atoms with Crippen molar-refractivity contribution in [3.05, 3.63) is 22.7 Å². The molecule has 0 unspecified atom stereocenters. The van der Waals surface area contributed by atoms with Gasteiger partial charge in [-0.1, -0.05) is 11.6 Å². The third-order valence-corrected chi connectivity index (χ3v) is 3.76. The molecule has 0 atom stereocenters. The van der Waals surface area contributed by atoms with Crippen LogP contribution in [0, 0.1) is 0 Å². The van der Waals surface area contributed by atoms with E-state index in [1.165, 1.54) is 5.56 Å². The molecule has 4 nitrogen and oxygen atoms in total. The average molecular weight is 319 g/mol. The van der Waals surface area contributed by atoms with Crippen LogP contribution in [0.25, 0.3) is 0 Å². The molecule has 0 amide bonds. The molecule has 0 spiro atoms. The molecule has 3 rings (SSSR count). The van der Waals surface area contributed by atoms with Gasteiger partial charge in [0.25, 0.3) is 0 Å². The molecule has 0 saturated carbocycles. The molecule has 1 N–H and O–H groups in total. The number of hydrogen-bond acceptors (Lipinski definition) is 4. The maximum Gasteiger partial charge on any atom is 0.179 e. The van der Waals surface area contributed by atoms with Crippen molar-refractivity contribution in [3.8, 4) is 11.5 Å². The summed E-state index contributed by atoms with van der Waals surface area (Å²) in [6.45, 7) is 6.54. The standard InChI is InChI=1S/C14H19ClN2O2.ClH/c15-12-8-11(10-17-4-2-16-3-5-17)9-13-14(12)19-7-1-6-18-13;/h8-9,16H,1-7,10H2;1H. The first-order valence-electron chi connectivity index (χ1n) is 6.84. The van der Waals surface area contributed by atoms with Crippen LogP contribution >= 0.6 is 24.0 Å². The number of halogens is 2. The molecule has 2 aliphatic heterocycles. The van der Waals surface area contributed by atoms with Gasteiger partial charge < -0.3 is 14.8 Å². The van der Waals surface area contributed by atoms with E-state index in [2.05, 4.69) is 16.3 Å². The van der Waals surface area contributed by atoms with Crippen LogP contribution in [0.4, 0.5) is 0 Å². The van der Waals surface area contributed by atoms with E-state index in [9.17, 15) is 0 Å². The molecule has 6 heteroatoms. The summed E-state index contributed by atoms with van der Waals surface area (Å²) in [4.78, 5) is 2.42. The molecule has 0 bridgehead atoms. The average Bonchev–Trinajstić information content (AvgIpc) is 2.65. The van der Waals surface area contributed by atoms with Gasteiger partial charge in [0, 0.05) is 39.1 Å². The van der Waals surface area contributed by atoms with Gasteiger partial charge in [-0.2, -0.15) is 0 Å². The van der Waals surface area contributed by atoms with Gasteiger partial charge in [0.05, 0.1) is 18.2 Å². The zero-order valence-corrected chi connectivity index (χ0v) is 12.9. The Bertz CT molecular complexity index is 451. The number of nitrogens with one attached hydrogen (secondary N) is 1. The van der Waals surface area contributed by atoms with E-state index in [-0.39, 0.29) is 12.4 Å². The van der Waals surface area contributed by atoms with E-state index in [0.717, 1.165) is 44.9 Å². The van der Waals surface area contributed by atoms with Crippen LogP contribution in [0.3, 0.4) is 0 Å². The Labute approximate surface area is 130 Å². The topological polar surface area (TPSA) is 33.7 Å². The van der Waals surface area contributed by atoms with Crippen molar-refractivity contribution in [1.29, 1.82) is 0 Å². The molecule has 1 aromatic carbocycles. The predicted octanol–water partition coefficient (Wildman–Crippen LogP) is 2.33. The molecule has 0 aliphatic carbocycles.